The van der Waals surface area contributed by atoms with E-state index in [4.69, 9.17) is 11.1 Å². The lowest BCUT2D eigenvalue weighted by atomic mass is 10.0. The molecule has 0 amide bonds. The van der Waals surface area contributed by atoms with Gasteiger partial charge in [-0.1, -0.05) is 42.1 Å². The Morgan fingerprint density at radius 1 is 1.41 bits per heavy atom. The molecule has 5 heteroatoms. The highest BCUT2D eigenvalue weighted by Crippen LogP contribution is 2.23. The van der Waals surface area contributed by atoms with Crippen LogP contribution in [0.3, 0.4) is 0 Å². The molecular weight excluding hydrogens is 232 g/mol. The SMILES string of the molecule is N=C(N)C(CSc1ncc[nH]1)c1ccccc1. The highest BCUT2D eigenvalue weighted by molar-refractivity contribution is 7.99. The molecule has 0 radical (unpaired) electrons. The van der Waals surface area contributed by atoms with Gasteiger partial charge in [0.1, 0.15) is 0 Å². The van der Waals surface area contributed by atoms with Gasteiger partial charge in [-0.3, -0.25) is 5.41 Å². The fraction of sp³-hybridized carbons (Fsp3) is 0.167. The lowest BCUT2D eigenvalue weighted by Gasteiger charge is -2.14. The van der Waals surface area contributed by atoms with Crippen molar-refractivity contribution in [3.8, 4) is 0 Å². The number of imidazole rings is 1. The van der Waals surface area contributed by atoms with Crippen molar-refractivity contribution >= 4 is 17.6 Å². The number of hydrogen-bond acceptors (Lipinski definition) is 3. The third-order valence-electron chi connectivity index (χ3n) is 2.44. The first kappa shape index (κ1) is 11.7. The van der Waals surface area contributed by atoms with Crippen LogP contribution >= 0.6 is 11.8 Å². The Bertz CT molecular complexity index is 467. The van der Waals surface area contributed by atoms with Crippen molar-refractivity contribution in [3.63, 3.8) is 0 Å². The van der Waals surface area contributed by atoms with Crippen LogP contribution in [0.2, 0.25) is 0 Å². The summed E-state index contributed by atoms with van der Waals surface area (Å²) in [6.07, 6.45) is 3.50. The predicted octanol–water partition coefficient (Wildman–Crippen LogP) is 2.22. The summed E-state index contributed by atoms with van der Waals surface area (Å²) < 4.78 is 0. The summed E-state index contributed by atoms with van der Waals surface area (Å²) in [5, 5.41) is 8.51. The van der Waals surface area contributed by atoms with Crippen LogP contribution in [0, 0.1) is 5.41 Å². The van der Waals surface area contributed by atoms with Crippen LogP contribution < -0.4 is 5.73 Å². The van der Waals surface area contributed by atoms with E-state index in [0.29, 0.717) is 5.75 Å². The number of rotatable bonds is 5. The van der Waals surface area contributed by atoms with Gasteiger partial charge in [0.2, 0.25) is 0 Å². The van der Waals surface area contributed by atoms with Crippen LogP contribution in [0.4, 0.5) is 0 Å². The van der Waals surface area contributed by atoms with Gasteiger partial charge in [-0.15, -0.1) is 0 Å². The lowest BCUT2D eigenvalue weighted by molar-refractivity contribution is 0.990. The number of thioether (sulfide) groups is 1. The van der Waals surface area contributed by atoms with E-state index in [2.05, 4.69) is 9.97 Å². The summed E-state index contributed by atoms with van der Waals surface area (Å²) in [7, 11) is 0. The van der Waals surface area contributed by atoms with E-state index in [1.54, 1.807) is 24.2 Å². The molecule has 1 atom stereocenters. The van der Waals surface area contributed by atoms with Crippen LogP contribution in [0.5, 0.6) is 0 Å². The van der Waals surface area contributed by atoms with Gasteiger partial charge in [0.05, 0.1) is 11.8 Å². The van der Waals surface area contributed by atoms with E-state index in [9.17, 15) is 0 Å². The van der Waals surface area contributed by atoms with Crippen LogP contribution in [-0.4, -0.2) is 21.6 Å². The molecule has 0 saturated heterocycles. The van der Waals surface area contributed by atoms with Crippen LogP contribution in [0.15, 0.2) is 47.9 Å². The first-order valence-corrected chi connectivity index (χ1v) is 6.27. The number of aromatic amines is 1. The molecule has 0 aliphatic carbocycles. The molecule has 2 aromatic rings. The van der Waals surface area contributed by atoms with Gasteiger partial charge in [-0.05, 0) is 5.56 Å². The molecule has 2 rings (SSSR count). The minimum absolute atomic E-state index is 0.0636. The van der Waals surface area contributed by atoms with Gasteiger partial charge < -0.3 is 10.7 Å². The summed E-state index contributed by atoms with van der Waals surface area (Å²) in [4.78, 5) is 7.16. The van der Waals surface area contributed by atoms with E-state index >= 15 is 0 Å². The van der Waals surface area contributed by atoms with E-state index in [1.165, 1.54) is 0 Å². The number of nitrogens with zero attached hydrogens (tertiary/aromatic N) is 1. The largest absolute Gasteiger partial charge is 0.387 e. The Morgan fingerprint density at radius 2 is 2.18 bits per heavy atom. The molecule has 0 aliphatic rings. The second-order valence-electron chi connectivity index (χ2n) is 3.62. The maximum atomic E-state index is 7.65. The van der Waals surface area contributed by atoms with Gasteiger partial charge >= 0.3 is 0 Å². The average molecular weight is 246 g/mol. The third kappa shape index (κ3) is 3.10. The maximum Gasteiger partial charge on any atom is 0.165 e. The van der Waals surface area contributed by atoms with E-state index in [-0.39, 0.29) is 11.8 Å². The number of H-pyrrole nitrogens is 1. The normalized spacial score (nSPS) is 12.2. The molecule has 88 valence electrons. The minimum Gasteiger partial charge on any atom is -0.387 e. The Morgan fingerprint density at radius 3 is 2.76 bits per heavy atom. The van der Waals surface area contributed by atoms with Crippen LogP contribution in [0.25, 0.3) is 0 Å². The summed E-state index contributed by atoms with van der Waals surface area (Å²) in [5.41, 5.74) is 6.72. The molecule has 0 fully saturated rings. The second kappa shape index (κ2) is 5.54. The third-order valence-corrected chi connectivity index (χ3v) is 3.43. The summed E-state index contributed by atoms with van der Waals surface area (Å²) in [6, 6.07) is 9.87. The van der Waals surface area contributed by atoms with Crippen molar-refractivity contribution in [3.05, 3.63) is 48.3 Å². The number of amidine groups is 1. The smallest absolute Gasteiger partial charge is 0.165 e. The number of aromatic nitrogens is 2. The maximum absolute atomic E-state index is 7.65. The number of nitrogens with one attached hydrogen (secondary N) is 2. The van der Waals surface area contributed by atoms with Crippen LogP contribution in [0.1, 0.15) is 11.5 Å². The van der Waals surface area contributed by atoms with Crippen molar-refractivity contribution < 1.29 is 0 Å². The summed E-state index contributed by atoms with van der Waals surface area (Å²) in [6.45, 7) is 0. The monoisotopic (exact) mass is 246 g/mol. The number of hydrogen-bond donors (Lipinski definition) is 3. The molecule has 1 unspecified atom stereocenters. The topological polar surface area (TPSA) is 78.6 Å². The quantitative estimate of drug-likeness (QED) is 0.430. The molecule has 4 N–H and O–H groups in total. The predicted molar refractivity (Wildman–Crippen MR) is 70.4 cm³/mol. The minimum atomic E-state index is -0.0636. The first-order valence-electron chi connectivity index (χ1n) is 5.28. The zero-order valence-corrected chi connectivity index (χ0v) is 10.1. The van der Waals surface area contributed by atoms with E-state index < -0.39 is 0 Å². The Kier molecular flexibility index (Phi) is 3.82. The molecule has 4 nitrogen and oxygen atoms in total. The van der Waals surface area contributed by atoms with Gasteiger partial charge in [0, 0.05) is 18.1 Å². The van der Waals surface area contributed by atoms with Gasteiger partial charge in [0.15, 0.2) is 5.16 Å². The molecule has 0 bridgehead atoms. The average Bonchev–Trinajstić information content (AvgIpc) is 2.83. The number of nitrogens with two attached hydrogens (primary N) is 1. The number of benzene rings is 1. The standard InChI is InChI=1S/C12H14N4S/c13-11(14)10(9-4-2-1-3-5-9)8-17-12-15-6-7-16-12/h1-7,10H,8H2,(H3,13,14)(H,15,16). The Hall–Kier alpha value is -1.75. The Labute approximate surface area is 104 Å². The fourth-order valence-corrected chi connectivity index (χ4v) is 2.53. The first-order chi connectivity index (χ1) is 8.27. The fourth-order valence-electron chi connectivity index (χ4n) is 1.54. The highest BCUT2D eigenvalue weighted by Gasteiger charge is 2.15. The second-order valence-corrected chi connectivity index (χ2v) is 4.63. The van der Waals surface area contributed by atoms with Crippen molar-refractivity contribution in [2.24, 2.45) is 5.73 Å². The van der Waals surface area contributed by atoms with Crippen molar-refractivity contribution in [2.75, 3.05) is 5.75 Å². The van der Waals surface area contributed by atoms with Crippen molar-refractivity contribution in [2.45, 2.75) is 11.1 Å². The molecule has 17 heavy (non-hydrogen) atoms. The van der Waals surface area contributed by atoms with Crippen molar-refractivity contribution in [1.82, 2.24) is 9.97 Å². The van der Waals surface area contributed by atoms with Gasteiger partial charge in [0.25, 0.3) is 0 Å². The molecule has 0 saturated carbocycles. The molecule has 0 aliphatic heterocycles. The van der Waals surface area contributed by atoms with Crippen molar-refractivity contribution in [1.29, 1.82) is 5.41 Å². The molecule has 1 aromatic heterocycles. The zero-order valence-electron chi connectivity index (χ0n) is 9.26. The van der Waals surface area contributed by atoms with Crippen LogP contribution in [-0.2, 0) is 0 Å². The molecule has 0 spiro atoms. The highest BCUT2D eigenvalue weighted by atomic mass is 32.2. The van der Waals surface area contributed by atoms with Gasteiger partial charge in [-0.2, -0.15) is 0 Å². The molecule has 1 heterocycles. The lowest BCUT2D eigenvalue weighted by Crippen LogP contribution is -2.22. The molecule has 1 aromatic carbocycles. The van der Waals surface area contributed by atoms with E-state index in [1.807, 2.05) is 30.3 Å². The summed E-state index contributed by atoms with van der Waals surface area (Å²) >= 11 is 1.57. The van der Waals surface area contributed by atoms with E-state index in [0.717, 1.165) is 10.7 Å². The molecular formula is C12H14N4S. The Balaban J connectivity index is 2.06. The zero-order chi connectivity index (χ0) is 12.1. The van der Waals surface area contributed by atoms with Gasteiger partial charge in [-0.25, -0.2) is 4.98 Å². The summed E-state index contributed by atoms with van der Waals surface area (Å²) in [5.74, 6) is 0.842.